The molecule has 0 bridgehead atoms. The third kappa shape index (κ3) is 1.68. The van der Waals surface area contributed by atoms with Crippen molar-refractivity contribution in [3.63, 3.8) is 0 Å². The molecule has 0 aromatic heterocycles. The van der Waals surface area contributed by atoms with E-state index in [9.17, 15) is 22.4 Å². The van der Waals surface area contributed by atoms with Crippen LogP contribution in [0, 0.1) is 5.82 Å². The van der Waals surface area contributed by atoms with Crippen LogP contribution in [0.25, 0.3) is 0 Å². The molecule has 1 aromatic carbocycles. The van der Waals surface area contributed by atoms with E-state index >= 15 is 0 Å². The highest BCUT2D eigenvalue weighted by Crippen LogP contribution is 2.35. The highest BCUT2D eigenvalue weighted by molar-refractivity contribution is 5.85. The van der Waals surface area contributed by atoms with Crippen LogP contribution in [0.4, 0.5) is 23.2 Å². The molecule has 0 aliphatic rings. The molecular formula is C8H5F4NO. The molecule has 0 atom stereocenters. The topological polar surface area (TPSA) is 43.1 Å². The summed E-state index contributed by atoms with van der Waals surface area (Å²) in [6.45, 7) is 0. The number of halogens is 4. The minimum absolute atomic E-state index is 0.0418. The summed E-state index contributed by atoms with van der Waals surface area (Å²) in [4.78, 5) is 10.2. The first-order chi connectivity index (χ1) is 6.38. The second kappa shape index (κ2) is 3.28. The standard InChI is InChI=1S/C8H5F4NO/c9-6-2-1-5(8(10,11)12)7(13)4(6)3-14/h1-3H,13H2. The quantitative estimate of drug-likeness (QED) is 0.436. The predicted octanol–water partition coefficient (Wildman–Crippen LogP) is 2.24. The van der Waals surface area contributed by atoms with Gasteiger partial charge in [0.25, 0.3) is 0 Å². The number of aldehydes is 1. The second-order valence-electron chi connectivity index (χ2n) is 2.54. The maximum atomic E-state index is 12.7. The number of alkyl halides is 3. The van der Waals surface area contributed by atoms with Crippen molar-refractivity contribution in [2.24, 2.45) is 0 Å². The Morgan fingerprint density at radius 2 is 1.86 bits per heavy atom. The van der Waals surface area contributed by atoms with Gasteiger partial charge in [0.05, 0.1) is 16.8 Å². The molecule has 1 aromatic rings. The smallest absolute Gasteiger partial charge is 0.398 e. The molecule has 14 heavy (non-hydrogen) atoms. The third-order valence-corrected chi connectivity index (χ3v) is 1.66. The number of nitrogens with two attached hydrogens (primary N) is 1. The molecule has 0 saturated heterocycles. The summed E-state index contributed by atoms with van der Waals surface area (Å²) >= 11 is 0. The van der Waals surface area contributed by atoms with Crippen LogP contribution in [-0.4, -0.2) is 6.29 Å². The third-order valence-electron chi connectivity index (χ3n) is 1.66. The minimum atomic E-state index is -4.68. The maximum absolute atomic E-state index is 12.7. The van der Waals surface area contributed by atoms with Crippen LogP contribution in [0.15, 0.2) is 12.1 Å². The number of carbonyl (C=O) groups excluding carboxylic acids is 1. The van der Waals surface area contributed by atoms with Gasteiger partial charge in [-0.3, -0.25) is 4.79 Å². The van der Waals surface area contributed by atoms with E-state index in [4.69, 9.17) is 5.73 Å². The molecule has 0 spiro atoms. The van der Waals surface area contributed by atoms with Crippen molar-refractivity contribution in [3.05, 3.63) is 29.1 Å². The van der Waals surface area contributed by atoms with Crippen molar-refractivity contribution in [1.29, 1.82) is 0 Å². The first-order valence-electron chi connectivity index (χ1n) is 3.48. The minimum Gasteiger partial charge on any atom is -0.398 e. The zero-order valence-electron chi connectivity index (χ0n) is 6.73. The van der Waals surface area contributed by atoms with Gasteiger partial charge in [0.1, 0.15) is 5.82 Å². The lowest BCUT2D eigenvalue weighted by Crippen LogP contribution is -2.11. The maximum Gasteiger partial charge on any atom is 0.418 e. The van der Waals surface area contributed by atoms with Gasteiger partial charge in [0.15, 0.2) is 6.29 Å². The lowest BCUT2D eigenvalue weighted by Gasteiger charge is -2.11. The Hall–Kier alpha value is -1.59. The van der Waals surface area contributed by atoms with Gasteiger partial charge in [-0.25, -0.2) is 4.39 Å². The lowest BCUT2D eigenvalue weighted by molar-refractivity contribution is -0.136. The number of rotatable bonds is 1. The summed E-state index contributed by atoms with van der Waals surface area (Å²) in [5.74, 6) is -1.06. The van der Waals surface area contributed by atoms with Crippen molar-refractivity contribution in [3.8, 4) is 0 Å². The Kier molecular flexibility index (Phi) is 2.46. The van der Waals surface area contributed by atoms with Crippen LogP contribution in [-0.2, 0) is 6.18 Å². The van der Waals surface area contributed by atoms with E-state index in [1.54, 1.807) is 0 Å². The van der Waals surface area contributed by atoms with Crippen molar-refractivity contribution in [2.45, 2.75) is 6.18 Å². The molecule has 0 amide bonds. The Balaban J connectivity index is 3.43. The molecule has 0 saturated carbocycles. The summed E-state index contributed by atoms with van der Waals surface area (Å²) in [5.41, 5.74) is 2.14. The van der Waals surface area contributed by atoms with E-state index in [2.05, 4.69) is 0 Å². The predicted molar refractivity (Wildman–Crippen MR) is 41.2 cm³/mol. The Labute approximate surface area is 76.3 Å². The zero-order valence-corrected chi connectivity index (χ0v) is 6.73. The molecule has 76 valence electrons. The van der Waals surface area contributed by atoms with Crippen molar-refractivity contribution < 1.29 is 22.4 Å². The Bertz CT molecular complexity index is 372. The molecule has 1 rings (SSSR count). The molecule has 0 fully saturated rings. The largest absolute Gasteiger partial charge is 0.418 e. The summed E-state index contributed by atoms with van der Waals surface area (Å²) in [5, 5.41) is 0. The monoisotopic (exact) mass is 207 g/mol. The molecule has 0 aliphatic heterocycles. The fourth-order valence-electron chi connectivity index (χ4n) is 0.977. The van der Waals surface area contributed by atoms with Gasteiger partial charge in [-0.2, -0.15) is 13.2 Å². The first-order valence-corrected chi connectivity index (χ1v) is 3.48. The highest BCUT2D eigenvalue weighted by atomic mass is 19.4. The van der Waals surface area contributed by atoms with E-state index in [-0.39, 0.29) is 6.29 Å². The molecule has 0 aliphatic carbocycles. The SMILES string of the molecule is Nc1c(C(F)(F)F)ccc(F)c1C=O. The van der Waals surface area contributed by atoms with E-state index in [1.807, 2.05) is 0 Å². The van der Waals surface area contributed by atoms with E-state index in [1.165, 1.54) is 0 Å². The first kappa shape index (κ1) is 10.5. The van der Waals surface area contributed by atoms with Crippen molar-refractivity contribution >= 4 is 12.0 Å². The van der Waals surface area contributed by atoms with Crippen LogP contribution in [0.5, 0.6) is 0 Å². The summed E-state index contributed by atoms with van der Waals surface area (Å²) < 4.78 is 49.3. The fourth-order valence-corrected chi connectivity index (χ4v) is 0.977. The van der Waals surface area contributed by atoms with Gasteiger partial charge >= 0.3 is 6.18 Å². The summed E-state index contributed by atoms with van der Waals surface area (Å²) in [7, 11) is 0. The van der Waals surface area contributed by atoms with E-state index < -0.39 is 28.8 Å². The van der Waals surface area contributed by atoms with E-state index in [0.29, 0.717) is 12.1 Å². The van der Waals surface area contributed by atoms with Crippen LogP contribution in [0.2, 0.25) is 0 Å². The van der Waals surface area contributed by atoms with Crippen LogP contribution >= 0.6 is 0 Å². The molecule has 0 heterocycles. The molecule has 0 unspecified atom stereocenters. The number of benzene rings is 1. The lowest BCUT2D eigenvalue weighted by atomic mass is 10.1. The molecular weight excluding hydrogens is 202 g/mol. The number of carbonyl (C=O) groups is 1. The molecule has 0 radical (unpaired) electrons. The van der Waals surface area contributed by atoms with Gasteiger partial charge in [0.2, 0.25) is 0 Å². The average molecular weight is 207 g/mol. The van der Waals surface area contributed by atoms with Crippen LogP contribution in [0.1, 0.15) is 15.9 Å². The average Bonchev–Trinajstić information content (AvgIpc) is 2.02. The van der Waals surface area contributed by atoms with Gasteiger partial charge in [-0.15, -0.1) is 0 Å². The number of hydrogen-bond acceptors (Lipinski definition) is 2. The number of anilines is 1. The number of hydrogen-bond donors (Lipinski definition) is 1. The van der Waals surface area contributed by atoms with Crippen LogP contribution < -0.4 is 5.73 Å². The highest BCUT2D eigenvalue weighted by Gasteiger charge is 2.34. The van der Waals surface area contributed by atoms with Crippen molar-refractivity contribution in [2.75, 3.05) is 5.73 Å². The summed E-state index contributed by atoms with van der Waals surface area (Å²) in [6.07, 6.45) is -4.73. The molecule has 2 N–H and O–H groups in total. The normalized spacial score (nSPS) is 11.4. The van der Waals surface area contributed by atoms with Gasteiger partial charge < -0.3 is 5.73 Å². The second-order valence-corrected chi connectivity index (χ2v) is 2.54. The Morgan fingerprint density at radius 1 is 1.29 bits per heavy atom. The van der Waals surface area contributed by atoms with Crippen molar-refractivity contribution in [1.82, 2.24) is 0 Å². The van der Waals surface area contributed by atoms with Gasteiger partial charge in [-0.05, 0) is 12.1 Å². The van der Waals surface area contributed by atoms with Gasteiger partial charge in [-0.1, -0.05) is 0 Å². The molecule has 6 heteroatoms. The molecule has 2 nitrogen and oxygen atoms in total. The summed E-state index contributed by atoms with van der Waals surface area (Å²) in [6, 6.07) is 1.06. The van der Waals surface area contributed by atoms with Gasteiger partial charge in [0, 0.05) is 0 Å². The van der Waals surface area contributed by atoms with Crippen LogP contribution in [0.3, 0.4) is 0 Å². The zero-order chi connectivity index (χ0) is 10.9. The fraction of sp³-hybridized carbons (Fsp3) is 0.125. The van der Waals surface area contributed by atoms with E-state index in [0.717, 1.165) is 0 Å². The Morgan fingerprint density at radius 3 is 2.29 bits per heavy atom. The number of nitrogen functional groups attached to an aromatic ring is 1.